The summed E-state index contributed by atoms with van der Waals surface area (Å²) in [7, 11) is 1.42. The standard InChI is InChI=1S/C15H29N3O3/c1-5-17(6-2)15(20)13(3)18-11-9-16(10-12-18)8-7-14(19)21-4/h13H,5-12H2,1-4H3. The molecule has 0 aliphatic carbocycles. The number of nitrogens with zero attached hydrogens (tertiary/aromatic N) is 3. The summed E-state index contributed by atoms with van der Waals surface area (Å²) in [6, 6.07) is -0.0624. The fourth-order valence-electron chi connectivity index (χ4n) is 2.68. The van der Waals surface area contributed by atoms with Crippen molar-refractivity contribution >= 4 is 11.9 Å². The lowest BCUT2D eigenvalue weighted by Crippen LogP contribution is -2.54. The summed E-state index contributed by atoms with van der Waals surface area (Å²) in [6.45, 7) is 11.8. The molecule has 0 aromatic carbocycles. The fourth-order valence-corrected chi connectivity index (χ4v) is 2.68. The van der Waals surface area contributed by atoms with E-state index >= 15 is 0 Å². The first-order valence-corrected chi connectivity index (χ1v) is 7.85. The Morgan fingerprint density at radius 1 is 1.14 bits per heavy atom. The second-order valence-electron chi connectivity index (χ2n) is 5.39. The molecule has 1 heterocycles. The highest BCUT2D eigenvalue weighted by molar-refractivity contribution is 5.81. The normalized spacial score (nSPS) is 18.3. The van der Waals surface area contributed by atoms with Gasteiger partial charge in [0.15, 0.2) is 0 Å². The highest BCUT2D eigenvalue weighted by Gasteiger charge is 2.27. The lowest BCUT2D eigenvalue weighted by atomic mass is 10.2. The molecule has 1 saturated heterocycles. The summed E-state index contributed by atoms with van der Waals surface area (Å²) in [5.41, 5.74) is 0. The van der Waals surface area contributed by atoms with Crippen LogP contribution in [0, 0.1) is 0 Å². The van der Waals surface area contributed by atoms with E-state index in [9.17, 15) is 9.59 Å². The van der Waals surface area contributed by atoms with Crippen LogP contribution in [-0.2, 0) is 14.3 Å². The summed E-state index contributed by atoms with van der Waals surface area (Å²) in [5, 5.41) is 0. The number of carbonyl (C=O) groups is 2. The highest BCUT2D eigenvalue weighted by Crippen LogP contribution is 2.09. The van der Waals surface area contributed by atoms with Crippen molar-refractivity contribution in [1.29, 1.82) is 0 Å². The third kappa shape index (κ3) is 5.28. The zero-order valence-electron chi connectivity index (χ0n) is 13.8. The first-order valence-electron chi connectivity index (χ1n) is 7.85. The van der Waals surface area contributed by atoms with Gasteiger partial charge >= 0.3 is 5.97 Å². The summed E-state index contributed by atoms with van der Waals surface area (Å²) in [6.07, 6.45) is 0.435. The third-order valence-corrected chi connectivity index (χ3v) is 4.25. The van der Waals surface area contributed by atoms with Crippen molar-refractivity contribution in [2.75, 3.05) is 52.9 Å². The first-order chi connectivity index (χ1) is 10.0. The van der Waals surface area contributed by atoms with Crippen LogP contribution in [0.1, 0.15) is 27.2 Å². The molecule has 0 N–H and O–H groups in total. The smallest absolute Gasteiger partial charge is 0.306 e. The zero-order valence-corrected chi connectivity index (χ0v) is 13.8. The molecule has 1 rings (SSSR count). The molecule has 0 bridgehead atoms. The Bertz CT molecular complexity index is 337. The number of carbonyl (C=O) groups excluding carboxylic acids is 2. The predicted molar refractivity (Wildman–Crippen MR) is 82.0 cm³/mol. The van der Waals surface area contributed by atoms with Crippen molar-refractivity contribution in [2.45, 2.75) is 33.2 Å². The molecule has 1 aliphatic rings. The SMILES string of the molecule is CCN(CC)C(=O)C(C)N1CCN(CCC(=O)OC)CC1. The molecule has 1 unspecified atom stereocenters. The van der Waals surface area contributed by atoms with Crippen molar-refractivity contribution in [3.8, 4) is 0 Å². The fraction of sp³-hybridized carbons (Fsp3) is 0.867. The van der Waals surface area contributed by atoms with E-state index < -0.39 is 0 Å². The van der Waals surface area contributed by atoms with Gasteiger partial charge < -0.3 is 14.5 Å². The number of rotatable bonds is 7. The average Bonchev–Trinajstić information content (AvgIpc) is 2.53. The Balaban J connectivity index is 2.38. The average molecular weight is 299 g/mol. The van der Waals surface area contributed by atoms with Crippen LogP contribution >= 0.6 is 0 Å². The molecule has 1 amide bonds. The molecule has 6 nitrogen and oxygen atoms in total. The zero-order chi connectivity index (χ0) is 15.8. The van der Waals surface area contributed by atoms with Gasteiger partial charge in [-0.05, 0) is 20.8 Å². The second-order valence-corrected chi connectivity index (χ2v) is 5.39. The minimum atomic E-state index is -0.164. The van der Waals surface area contributed by atoms with Crippen molar-refractivity contribution in [3.63, 3.8) is 0 Å². The van der Waals surface area contributed by atoms with Crippen molar-refractivity contribution in [3.05, 3.63) is 0 Å². The maximum atomic E-state index is 12.3. The van der Waals surface area contributed by atoms with Gasteiger partial charge in [-0.25, -0.2) is 0 Å². The predicted octanol–water partition coefficient (Wildman–Crippen LogP) is 0.424. The van der Waals surface area contributed by atoms with E-state index in [-0.39, 0.29) is 17.9 Å². The summed E-state index contributed by atoms with van der Waals surface area (Å²) in [4.78, 5) is 29.9. The Labute approximate surface area is 128 Å². The number of methoxy groups -OCH3 is 1. The second kappa shape index (κ2) is 9.00. The van der Waals surface area contributed by atoms with Gasteiger partial charge in [0, 0.05) is 45.8 Å². The molecule has 21 heavy (non-hydrogen) atoms. The quantitative estimate of drug-likeness (QED) is 0.638. The van der Waals surface area contributed by atoms with Crippen LogP contribution in [0.25, 0.3) is 0 Å². The molecule has 1 aliphatic heterocycles. The molecular weight excluding hydrogens is 270 g/mol. The van der Waals surface area contributed by atoms with Gasteiger partial charge in [-0.3, -0.25) is 14.5 Å². The van der Waals surface area contributed by atoms with Gasteiger partial charge in [0.2, 0.25) is 5.91 Å². The lowest BCUT2D eigenvalue weighted by molar-refractivity contribution is -0.141. The van der Waals surface area contributed by atoms with Crippen LogP contribution in [0.15, 0.2) is 0 Å². The molecule has 122 valence electrons. The Morgan fingerprint density at radius 2 is 1.71 bits per heavy atom. The largest absolute Gasteiger partial charge is 0.469 e. The van der Waals surface area contributed by atoms with Gasteiger partial charge in [-0.2, -0.15) is 0 Å². The Hall–Kier alpha value is -1.14. The maximum absolute atomic E-state index is 12.3. The van der Waals surface area contributed by atoms with E-state index in [2.05, 4.69) is 14.5 Å². The molecule has 0 aromatic rings. The Morgan fingerprint density at radius 3 is 2.19 bits per heavy atom. The number of esters is 1. The van der Waals surface area contributed by atoms with Gasteiger partial charge in [-0.15, -0.1) is 0 Å². The molecule has 0 spiro atoms. The van der Waals surface area contributed by atoms with Gasteiger partial charge in [0.05, 0.1) is 19.6 Å². The van der Waals surface area contributed by atoms with Gasteiger partial charge in [0.25, 0.3) is 0 Å². The molecule has 0 radical (unpaired) electrons. The minimum absolute atomic E-state index is 0.0624. The van der Waals surface area contributed by atoms with Crippen LogP contribution in [0.5, 0.6) is 0 Å². The van der Waals surface area contributed by atoms with E-state index in [4.69, 9.17) is 0 Å². The number of hydrogen-bond donors (Lipinski definition) is 0. The molecule has 1 atom stereocenters. The summed E-state index contributed by atoms with van der Waals surface area (Å²) < 4.78 is 4.66. The molecule has 0 aromatic heterocycles. The molecule has 1 fully saturated rings. The number of hydrogen-bond acceptors (Lipinski definition) is 5. The van der Waals surface area contributed by atoms with Crippen molar-refractivity contribution < 1.29 is 14.3 Å². The van der Waals surface area contributed by atoms with E-state index in [1.54, 1.807) is 0 Å². The van der Waals surface area contributed by atoms with E-state index in [0.717, 1.165) is 45.8 Å². The number of amides is 1. The first kappa shape index (κ1) is 17.9. The third-order valence-electron chi connectivity index (χ3n) is 4.25. The van der Waals surface area contributed by atoms with Crippen LogP contribution in [0.3, 0.4) is 0 Å². The number of piperazine rings is 1. The van der Waals surface area contributed by atoms with E-state index in [0.29, 0.717) is 6.42 Å². The van der Waals surface area contributed by atoms with Gasteiger partial charge in [-0.1, -0.05) is 0 Å². The van der Waals surface area contributed by atoms with Crippen LogP contribution < -0.4 is 0 Å². The van der Waals surface area contributed by atoms with Crippen LogP contribution in [-0.4, -0.2) is 85.5 Å². The molecular formula is C15H29N3O3. The summed E-state index contributed by atoms with van der Waals surface area (Å²) >= 11 is 0. The van der Waals surface area contributed by atoms with E-state index in [1.807, 2.05) is 25.7 Å². The van der Waals surface area contributed by atoms with Gasteiger partial charge in [0.1, 0.15) is 0 Å². The highest BCUT2D eigenvalue weighted by atomic mass is 16.5. The topological polar surface area (TPSA) is 53.1 Å². The monoisotopic (exact) mass is 299 g/mol. The summed E-state index contributed by atoms with van der Waals surface area (Å²) in [5.74, 6) is 0.0468. The Kier molecular flexibility index (Phi) is 7.67. The minimum Gasteiger partial charge on any atom is -0.469 e. The van der Waals surface area contributed by atoms with Crippen molar-refractivity contribution in [2.24, 2.45) is 0 Å². The van der Waals surface area contributed by atoms with E-state index in [1.165, 1.54) is 7.11 Å². The number of likely N-dealkylation sites (N-methyl/N-ethyl adjacent to an activating group) is 1. The lowest BCUT2D eigenvalue weighted by Gasteiger charge is -2.38. The maximum Gasteiger partial charge on any atom is 0.306 e. The number of ether oxygens (including phenoxy) is 1. The molecule has 0 saturated carbocycles. The van der Waals surface area contributed by atoms with Crippen LogP contribution in [0.4, 0.5) is 0 Å². The van der Waals surface area contributed by atoms with Crippen LogP contribution in [0.2, 0.25) is 0 Å². The van der Waals surface area contributed by atoms with Crippen molar-refractivity contribution in [1.82, 2.24) is 14.7 Å². The molecule has 6 heteroatoms.